The number of nitrogens with zero attached hydrogens (tertiary/aromatic N) is 4. The van der Waals surface area contributed by atoms with Crippen molar-refractivity contribution in [2.45, 2.75) is 62.6 Å². The molecular weight excluding hydrogens is 679 g/mol. The number of rotatable bonds is 10. The Bertz CT molecular complexity index is 1640. The first-order valence-electron chi connectivity index (χ1n) is 17.3. The maximum atomic E-state index is 14.2. The third-order valence-corrected chi connectivity index (χ3v) is 11.7. The number of piperazine rings is 1. The first kappa shape index (κ1) is 36.2. The number of hydrogen-bond acceptors (Lipinski definition) is 9. The molecule has 3 fully saturated rings. The van der Waals surface area contributed by atoms with Crippen LogP contribution >= 0.6 is 23.2 Å². The molecule has 12 heteroatoms. The Balaban J connectivity index is 1.33. The van der Waals surface area contributed by atoms with E-state index in [2.05, 4.69) is 16.8 Å². The summed E-state index contributed by atoms with van der Waals surface area (Å²) in [5.41, 5.74) is 2.00. The fraction of sp³-hybridized carbons (Fsp3) is 0.500. The molecule has 0 aromatic heterocycles. The highest BCUT2D eigenvalue weighted by molar-refractivity contribution is 6.36. The van der Waals surface area contributed by atoms with Crippen LogP contribution in [0.4, 0.5) is 0 Å². The zero-order chi connectivity index (χ0) is 35.5. The summed E-state index contributed by atoms with van der Waals surface area (Å²) in [6.07, 6.45) is 6.97. The molecule has 1 amide bonds. The van der Waals surface area contributed by atoms with Crippen molar-refractivity contribution in [3.8, 4) is 5.75 Å². The molecule has 4 aliphatic rings. The summed E-state index contributed by atoms with van der Waals surface area (Å²) in [5.74, 6) is -1.76. The number of benzene rings is 2. The molecule has 10 nitrogen and oxygen atoms in total. The summed E-state index contributed by atoms with van der Waals surface area (Å²) in [5, 5.41) is 0.538. The average molecular weight is 726 g/mol. The van der Waals surface area contributed by atoms with Gasteiger partial charge in [-0.15, -0.1) is 0 Å². The molecule has 4 aliphatic heterocycles. The lowest BCUT2D eigenvalue weighted by Crippen LogP contribution is -2.56. The van der Waals surface area contributed by atoms with Crippen LogP contribution in [0.2, 0.25) is 10.0 Å². The largest absolute Gasteiger partial charge is 0.496 e. The molecule has 0 radical (unpaired) electrons. The normalized spacial score (nSPS) is 24.2. The molecular formula is C38H46Cl2N4O6. The van der Waals surface area contributed by atoms with Crippen molar-refractivity contribution >= 4 is 41.0 Å². The second-order valence-electron chi connectivity index (χ2n) is 13.5. The van der Waals surface area contributed by atoms with Crippen molar-refractivity contribution in [3.05, 3.63) is 86.7 Å². The van der Waals surface area contributed by atoms with Gasteiger partial charge in [0.25, 0.3) is 0 Å². The molecule has 0 N–H and O–H groups in total. The van der Waals surface area contributed by atoms with E-state index in [1.807, 2.05) is 29.2 Å². The number of fused-ring (bicyclic) bond motifs is 2. The summed E-state index contributed by atoms with van der Waals surface area (Å²) in [6.45, 7) is 3.16. The van der Waals surface area contributed by atoms with Gasteiger partial charge in [0.05, 0.1) is 44.8 Å². The molecule has 0 spiro atoms. The Hall–Kier alpha value is -3.57. The van der Waals surface area contributed by atoms with E-state index < -0.39 is 17.9 Å². The van der Waals surface area contributed by atoms with E-state index in [1.165, 1.54) is 39.9 Å². The Morgan fingerprint density at radius 1 is 0.820 bits per heavy atom. The number of hydrogen-bond donors (Lipinski definition) is 0. The molecule has 2 bridgehead atoms. The van der Waals surface area contributed by atoms with Gasteiger partial charge >= 0.3 is 11.9 Å². The van der Waals surface area contributed by atoms with Crippen LogP contribution in [0.3, 0.4) is 0 Å². The van der Waals surface area contributed by atoms with Gasteiger partial charge in [-0.1, -0.05) is 47.5 Å². The molecule has 6 rings (SSSR count). The quantitative estimate of drug-likeness (QED) is 0.304. The number of carbonyl (C=O) groups is 3. The molecule has 0 saturated carbocycles. The van der Waals surface area contributed by atoms with E-state index >= 15 is 0 Å². The van der Waals surface area contributed by atoms with Crippen molar-refractivity contribution in [2.24, 2.45) is 0 Å². The monoisotopic (exact) mass is 724 g/mol. The van der Waals surface area contributed by atoms with Gasteiger partial charge in [-0.25, -0.2) is 9.59 Å². The third-order valence-electron chi connectivity index (χ3n) is 11.1. The van der Waals surface area contributed by atoms with Gasteiger partial charge in [0.15, 0.2) is 0 Å². The molecule has 2 aromatic carbocycles. The van der Waals surface area contributed by atoms with E-state index in [-0.39, 0.29) is 33.5 Å². The highest BCUT2D eigenvalue weighted by Crippen LogP contribution is 2.46. The summed E-state index contributed by atoms with van der Waals surface area (Å²) in [4.78, 5) is 50.4. The van der Waals surface area contributed by atoms with Crippen LogP contribution in [0.1, 0.15) is 49.1 Å². The van der Waals surface area contributed by atoms with Crippen molar-refractivity contribution in [3.63, 3.8) is 0 Å². The Morgan fingerprint density at radius 3 is 2.08 bits per heavy atom. The van der Waals surface area contributed by atoms with Gasteiger partial charge in [0.2, 0.25) is 5.91 Å². The number of piperidine rings is 1. The van der Waals surface area contributed by atoms with Gasteiger partial charge in [-0.2, -0.15) is 0 Å². The molecule has 3 saturated heterocycles. The summed E-state index contributed by atoms with van der Waals surface area (Å²) in [6, 6.07) is 14.5. The van der Waals surface area contributed by atoms with Crippen molar-refractivity contribution in [2.75, 3.05) is 61.1 Å². The third kappa shape index (κ3) is 7.26. The maximum Gasteiger partial charge on any atom is 0.336 e. The minimum absolute atomic E-state index is 0.0851. The zero-order valence-electron chi connectivity index (χ0n) is 29.2. The standard InChI is InChI=1S/C38H46Cl2N4O6/c1-41-25-12-13-26(41)21-27(20-25)42-16-18-43(19-17-42)33(45)22-31-36(38(47)50-4)34(35-29(39)9-7-10-30(35)40)28(37(46)49-3)23-44(31)15-14-24-8-5-6-11-32(24)48-2/h5-11,23,25-27,34H,12-22H2,1-4H3. The van der Waals surface area contributed by atoms with Gasteiger partial charge in [0, 0.05) is 78.4 Å². The number of carbonyl (C=O) groups excluding carboxylic acids is 3. The Labute approximate surface area is 304 Å². The number of amides is 1. The number of esters is 2. The molecule has 50 heavy (non-hydrogen) atoms. The summed E-state index contributed by atoms with van der Waals surface area (Å²) >= 11 is 13.5. The maximum absolute atomic E-state index is 14.2. The fourth-order valence-corrected chi connectivity index (χ4v) is 8.95. The van der Waals surface area contributed by atoms with E-state index in [0.29, 0.717) is 61.2 Å². The van der Waals surface area contributed by atoms with Gasteiger partial charge < -0.3 is 28.9 Å². The van der Waals surface area contributed by atoms with E-state index in [4.69, 9.17) is 37.4 Å². The smallest absolute Gasteiger partial charge is 0.336 e. The van der Waals surface area contributed by atoms with Crippen LogP contribution in [0.25, 0.3) is 0 Å². The summed E-state index contributed by atoms with van der Waals surface area (Å²) in [7, 11) is 6.43. The molecule has 2 aromatic rings. The highest BCUT2D eigenvalue weighted by Gasteiger charge is 2.43. The van der Waals surface area contributed by atoms with Crippen LogP contribution in [0, 0.1) is 0 Å². The number of halogens is 2. The Kier molecular flexibility index (Phi) is 11.4. The van der Waals surface area contributed by atoms with Crippen molar-refractivity contribution in [1.29, 1.82) is 0 Å². The number of para-hydroxylation sites is 1. The lowest BCUT2D eigenvalue weighted by Gasteiger charge is -2.45. The van der Waals surface area contributed by atoms with Gasteiger partial charge in [-0.3, -0.25) is 9.69 Å². The Morgan fingerprint density at radius 2 is 1.46 bits per heavy atom. The minimum Gasteiger partial charge on any atom is -0.496 e. The molecule has 0 aliphatic carbocycles. The zero-order valence-corrected chi connectivity index (χ0v) is 30.7. The highest BCUT2D eigenvalue weighted by atomic mass is 35.5. The fourth-order valence-electron chi connectivity index (χ4n) is 8.34. The predicted molar refractivity (Wildman–Crippen MR) is 192 cm³/mol. The first-order valence-corrected chi connectivity index (χ1v) is 18.1. The second kappa shape index (κ2) is 15.8. The number of methoxy groups -OCH3 is 3. The SMILES string of the molecule is COC(=O)C1=CN(CCc2ccccc2OC)C(CC(=O)N2CCN(C3CC4CCC(C3)N4C)CC2)=C(C(=O)OC)C1c1c(Cl)cccc1Cl. The van der Waals surface area contributed by atoms with Crippen molar-refractivity contribution < 1.29 is 28.6 Å². The molecule has 3 atom stereocenters. The topological polar surface area (TPSA) is 91.9 Å². The van der Waals surface area contributed by atoms with Crippen LogP contribution in [-0.2, 0) is 30.3 Å². The molecule has 3 unspecified atom stereocenters. The van der Waals surface area contributed by atoms with E-state index in [0.717, 1.165) is 18.7 Å². The summed E-state index contributed by atoms with van der Waals surface area (Å²) < 4.78 is 16.2. The van der Waals surface area contributed by atoms with E-state index in [1.54, 1.807) is 36.4 Å². The second-order valence-corrected chi connectivity index (χ2v) is 14.3. The van der Waals surface area contributed by atoms with Gasteiger partial charge in [-0.05, 0) is 62.9 Å². The number of ether oxygens (including phenoxy) is 3. The van der Waals surface area contributed by atoms with Crippen molar-refractivity contribution in [1.82, 2.24) is 19.6 Å². The minimum atomic E-state index is -1.03. The molecule has 4 heterocycles. The van der Waals surface area contributed by atoms with Crippen LogP contribution in [-0.4, -0.2) is 117 Å². The lowest BCUT2D eigenvalue weighted by molar-refractivity contribution is -0.137. The van der Waals surface area contributed by atoms with Gasteiger partial charge in [0.1, 0.15) is 5.75 Å². The van der Waals surface area contributed by atoms with Crippen LogP contribution in [0.5, 0.6) is 5.75 Å². The van der Waals surface area contributed by atoms with Crippen LogP contribution < -0.4 is 4.74 Å². The average Bonchev–Trinajstić information content (AvgIpc) is 3.32. The van der Waals surface area contributed by atoms with E-state index in [9.17, 15) is 14.4 Å². The first-order chi connectivity index (χ1) is 24.1. The lowest BCUT2D eigenvalue weighted by atomic mass is 9.80. The molecule has 268 valence electrons. The van der Waals surface area contributed by atoms with Crippen LogP contribution in [0.15, 0.2) is 65.5 Å². The predicted octanol–water partition coefficient (Wildman–Crippen LogP) is 5.29.